The van der Waals surface area contributed by atoms with Crippen LogP contribution in [0.1, 0.15) is 12.8 Å². The third-order valence-electron chi connectivity index (χ3n) is 3.31. The number of nitro groups is 1. The van der Waals surface area contributed by atoms with Gasteiger partial charge in [-0.1, -0.05) is 0 Å². The third-order valence-corrected chi connectivity index (χ3v) is 3.31. The lowest BCUT2D eigenvalue weighted by Crippen LogP contribution is -2.30. The van der Waals surface area contributed by atoms with Crippen LogP contribution < -0.4 is 16.2 Å². The monoisotopic (exact) mass is 282 g/mol. The van der Waals surface area contributed by atoms with Gasteiger partial charge in [-0.3, -0.25) is 15.5 Å². The number of hydrazine groups is 1. The van der Waals surface area contributed by atoms with Gasteiger partial charge in [-0.25, -0.2) is 10.8 Å². The van der Waals surface area contributed by atoms with Crippen LogP contribution in [0.2, 0.25) is 0 Å². The lowest BCUT2D eigenvalue weighted by Gasteiger charge is -2.27. The lowest BCUT2D eigenvalue weighted by molar-refractivity contribution is -0.384. The number of ether oxygens (including phenoxy) is 1. The van der Waals surface area contributed by atoms with Crippen LogP contribution in [-0.4, -0.2) is 41.7 Å². The Bertz CT molecular complexity index is 477. The van der Waals surface area contributed by atoms with Crippen molar-refractivity contribution in [2.24, 2.45) is 11.8 Å². The summed E-state index contributed by atoms with van der Waals surface area (Å²) >= 11 is 0. The molecule has 20 heavy (non-hydrogen) atoms. The van der Waals surface area contributed by atoms with E-state index in [1.165, 1.54) is 0 Å². The first-order chi connectivity index (χ1) is 9.61. The predicted molar refractivity (Wildman–Crippen MR) is 73.3 cm³/mol. The van der Waals surface area contributed by atoms with Crippen LogP contribution in [0.4, 0.5) is 17.5 Å². The Morgan fingerprint density at radius 2 is 2.30 bits per heavy atom. The Labute approximate surface area is 116 Å². The number of nitrogen functional groups attached to an aromatic ring is 1. The zero-order valence-electron chi connectivity index (χ0n) is 11.3. The highest BCUT2D eigenvalue weighted by molar-refractivity contribution is 5.58. The summed E-state index contributed by atoms with van der Waals surface area (Å²) in [7, 11) is 1.78. The summed E-state index contributed by atoms with van der Waals surface area (Å²) in [5, 5.41) is 11.0. The van der Waals surface area contributed by atoms with E-state index in [1.807, 2.05) is 0 Å². The Morgan fingerprint density at radius 3 is 2.90 bits per heavy atom. The van der Waals surface area contributed by atoms with Crippen molar-refractivity contribution in [3.63, 3.8) is 0 Å². The number of hydrogen-bond donors (Lipinski definition) is 2. The average Bonchev–Trinajstić information content (AvgIpc) is 2.47. The molecule has 0 aliphatic carbocycles. The molecule has 1 fully saturated rings. The molecule has 3 N–H and O–H groups in total. The first-order valence-corrected chi connectivity index (χ1v) is 6.38. The minimum Gasteiger partial charge on any atom is -0.381 e. The molecule has 0 aromatic carbocycles. The summed E-state index contributed by atoms with van der Waals surface area (Å²) in [5.41, 5.74) is 2.17. The Kier molecular flexibility index (Phi) is 4.64. The maximum absolute atomic E-state index is 11.0. The maximum Gasteiger partial charge on any atom is 0.329 e. The van der Waals surface area contributed by atoms with Gasteiger partial charge >= 0.3 is 5.69 Å². The molecule has 9 heteroatoms. The minimum atomic E-state index is -0.490. The van der Waals surface area contributed by atoms with E-state index in [0.29, 0.717) is 12.5 Å². The highest BCUT2D eigenvalue weighted by Gasteiger charge is 2.23. The van der Waals surface area contributed by atoms with E-state index in [0.717, 1.165) is 32.3 Å². The van der Waals surface area contributed by atoms with E-state index < -0.39 is 4.92 Å². The van der Waals surface area contributed by atoms with Gasteiger partial charge in [-0.05, 0) is 18.8 Å². The SMILES string of the molecule is CN(CC1CCOCC1)c1nc(NN)ncc1[N+](=O)[O-]. The van der Waals surface area contributed by atoms with E-state index in [-0.39, 0.29) is 17.5 Å². The first-order valence-electron chi connectivity index (χ1n) is 6.38. The van der Waals surface area contributed by atoms with Gasteiger partial charge in [0, 0.05) is 26.8 Å². The molecule has 0 atom stereocenters. The number of nitrogens with zero attached hydrogens (tertiary/aromatic N) is 4. The molecule has 0 saturated carbocycles. The van der Waals surface area contributed by atoms with Crippen molar-refractivity contribution < 1.29 is 9.66 Å². The fraction of sp³-hybridized carbons (Fsp3) is 0.636. The molecular formula is C11H18N6O3. The Hall–Kier alpha value is -2.00. The van der Waals surface area contributed by atoms with Gasteiger partial charge in [0.2, 0.25) is 11.8 Å². The second-order valence-corrected chi connectivity index (χ2v) is 4.74. The van der Waals surface area contributed by atoms with Gasteiger partial charge in [0.1, 0.15) is 6.20 Å². The largest absolute Gasteiger partial charge is 0.381 e. The quantitative estimate of drug-likeness (QED) is 0.456. The van der Waals surface area contributed by atoms with E-state index in [9.17, 15) is 10.1 Å². The summed E-state index contributed by atoms with van der Waals surface area (Å²) in [5.74, 6) is 6.12. The number of hydrogen-bond acceptors (Lipinski definition) is 8. The molecule has 1 aliphatic rings. The van der Waals surface area contributed by atoms with Gasteiger partial charge in [-0.15, -0.1) is 0 Å². The zero-order valence-corrected chi connectivity index (χ0v) is 11.3. The Balaban J connectivity index is 2.17. The molecule has 2 rings (SSSR count). The molecule has 0 unspecified atom stereocenters. The standard InChI is InChI=1S/C11H18N6O3/c1-16(7-8-2-4-20-5-3-8)10-9(17(18)19)6-13-11(14-10)15-12/h6,8H,2-5,7,12H2,1H3,(H,13,14,15). The summed E-state index contributed by atoms with van der Waals surface area (Å²) < 4.78 is 5.31. The molecule has 1 aromatic heterocycles. The van der Waals surface area contributed by atoms with Crippen LogP contribution in [0.3, 0.4) is 0 Å². The van der Waals surface area contributed by atoms with E-state index >= 15 is 0 Å². The van der Waals surface area contributed by atoms with E-state index in [1.54, 1.807) is 11.9 Å². The van der Waals surface area contributed by atoms with Gasteiger partial charge in [0.05, 0.1) is 4.92 Å². The molecule has 9 nitrogen and oxygen atoms in total. The van der Waals surface area contributed by atoms with Crippen molar-refractivity contribution in [2.75, 3.05) is 37.1 Å². The molecular weight excluding hydrogens is 264 g/mol. The van der Waals surface area contributed by atoms with Crippen LogP contribution >= 0.6 is 0 Å². The lowest BCUT2D eigenvalue weighted by atomic mass is 10.00. The summed E-state index contributed by atoms with van der Waals surface area (Å²) in [6.45, 7) is 2.16. The highest BCUT2D eigenvalue weighted by atomic mass is 16.6. The van der Waals surface area contributed by atoms with Crippen molar-refractivity contribution in [3.05, 3.63) is 16.3 Å². The predicted octanol–water partition coefficient (Wildman–Crippen LogP) is 0.533. The number of anilines is 2. The fourth-order valence-electron chi connectivity index (χ4n) is 2.25. The van der Waals surface area contributed by atoms with Crippen LogP contribution in [-0.2, 0) is 4.74 Å². The fourth-order valence-corrected chi connectivity index (χ4v) is 2.25. The molecule has 2 heterocycles. The smallest absolute Gasteiger partial charge is 0.329 e. The average molecular weight is 282 g/mol. The molecule has 1 saturated heterocycles. The number of rotatable bonds is 5. The zero-order chi connectivity index (χ0) is 14.5. The first kappa shape index (κ1) is 14.4. The number of aromatic nitrogens is 2. The molecule has 110 valence electrons. The summed E-state index contributed by atoms with van der Waals surface area (Å²) in [4.78, 5) is 20.2. The summed E-state index contributed by atoms with van der Waals surface area (Å²) in [6, 6.07) is 0. The van der Waals surface area contributed by atoms with Crippen molar-refractivity contribution in [1.82, 2.24) is 9.97 Å². The highest BCUT2D eigenvalue weighted by Crippen LogP contribution is 2.27. The van der Waals surface area contributed by atoms with E-state index in [4.69, 9.17) is 10.6 Å². The number of nitrogens with two attached hydrogens (primary N) is 1. The Morgan fingerprint density at radius 1 is 1.60 bits per heavy atom. The second kappa shape index (κ2) is 6.44. The van der Waals surface area contributed by atoms with Gasteiger partial charge in [0.15, 0.2) is 0 Å². The van der Waals surface area contributed by atoms with Crippen LogP contribution in [0.15, 0.2) is 6.20 Å². The van der Waals surface area contributed by atoms with E-state index in [2.05, 4.69) is 15.4 Å². The topological polar surface area (TPSA) is 119 Å². The van der Waals surface area contributed by atoms with Gasteiger partial charge in [0.25, 0.3) is 0 Å². The van der Waals surface area contributed by atoms with Crippen molar-refractivity contribution >= 4 is 17.5 Å². The second-order valence-electron chi connectivity index (χ2n) is 4.74. The van der Waals surface area contributed by atoms with Crippen LogP contribution in [0, 0.1) is 16.0 Å². The van der Waals surface area contributed by atoms with Crippen molar-refractivity contribution in [1.29, 1.82) is 0 Å². The van der Waals surface area contributed by atoms with Crippen LogP contribution in [0.5, 0.6) is 0 Å². The van der Waals surface area contributed by atoms with Crippen LogP contribution in [0.25, 0.3) is 0 Å². The van der Waals surface area contributed by atoms with Gasteiger partial charge < -0.3 is 9.64 Å². The molecule has 1 aromatic rings. The third kappa shape index (κ3) is 3.31. The maximum atomic E-state index is 11.0. The molecule has 0 bridgehead atoms. The molecule has 0 radical (unpaired) electrons. The minimum absolute atomic E-state index is 0.126. The van der Waals surface area contributed by atoms with Crippen molar-refractivity contribution in [2.45, 2.75) is 12.8 Å². The van der Waals surface area contributed by atoms with Gasteiger partial charge in [-0.2, -0.15) is 4.98 Å². The number of nitrogens with one attached hydrogen (secondary N) is 1. The molecule has 1 aliphatic heterocycles. The van der Waals surface area contributed by atoms with Crippen molar-refractivity contribution in [3.8, 4) is 0 Å². The summed E-state index contributed by atoms with van der Waals surface area (Å²) in [6.07, 6.45) is 3.06. The normalized spacial score (nSPS) is 15.9. The molecule has 0 amide bonds. The molecule has 0 spiro atoms.